The molecule has 3 aromatic carbocycles. The summed E-state index contributed by atoms with van der Waals surface area (Å²) in [5, 5.41) is 8.32. The van der Waals surface area contributed by atoms with Crippen LogP contribution in [0.1, 0.15) is 37.0 Å². The van der Waals surface area contributed by atoms with E-state index in [4.69, 9.17) is 5.73 Å². The Bertz CT molecular complexity index is 1320. The van der Waals surface area contributed by atoms with Crippen LogP contribution in [0.4, 0.5) is 10.5 Å². The number of benzene rings is 3. The summed E-state index contributed by atoms with van der Waals surface area (Å²) in [6.07, 6.45) is 1.20. The van der Waals surface area contributed by atoms with Crippen molar-refractivity contribution in [3.05, 3.63) is 89.5 Å². The van der Waals surface area contributed by atoms with E-state index in [-0.39, 0.29) is 23.8 Å². The molecule has 3 aromatic rings. The first kappa shape index (κ1) is 27.9. The molecule has 0 fully saturated rings. The number of nitrogens with one attached hydrogen (secondary N) is 3. The molecule has 0 spiro atoms. The number of amides is 4. The van der Waals surface area contributed by atoms with Crippen molar-refractivity contribution in [1.82, 2.24) is 16.0 Å². The maximum atomic E-state index is 13.8. The highest BCUT2D eigenvalue weighted by atomic mass is 16.2. The molecule has 8 nitrogen and oxygen atoms in total. The summed E-state index contributed by atoms with van der Waals surface area (Å²) in [5.74, 6) is -0.468. The third kappa shape index (κ3) is 6.64. The summed E-state index contributed by atoms with van der Waals surface area (Å²) >= 11 is 0. The predicted molar refractivity (Wildman–Crippen MR) is 154 cm³/mol. The molecular weight excluding hydrogens is 490 g/mol. The van der Waals surface area contributed by atoms with E-state index in [1.165, 1.54) is 0 Å². The Labute approximate surface area is 230 Å². The molecule has 4 rings (SSSR count). The third-order valence-electron chi connectivity index (χ3n) is 7.18. The van der Waals surface area contributed by atoms with Gasteiger partial charge in [0.25, 0.3) is 0 Å². The number of nitrogens with zero attached hydrogens (tertiary/aromatic N) is 1. The van der Waals surface area contributed by atoms with Gasteiger partial charge in [-0.1, -0.05) is 80.6 Å². The van der Waals surface area contributed by atoms with E-state index < -0.39 is 12.1 Å². The summed E-state index contributed by atoms with van der Waals surface area (Å²) in [4.78, 5) is 39.9. The maximum Gasteiger partial charge on any atom is 0.314 e. The van der Waals surface area contributed by atoms with E-state index in [1.807, 2.05) is 86.6 Å². The van der Waals surface area contributed by atoms with E-state index in [9.17, 15) is 14.4 Å². The second-order valence-electron chi connectivity index (χ2n) is 10.2. The standard InChI is InChI=1S/C31H37N5O3/c1-20(2)28(32)29(37)35-26-17-16-23-8-5-7-11-27(23)36(30(26)38)19-21-12-14-22(15-13-21)25-10-6-4-9-24(25)18-34-31(39)33-3/h4-15,20,26,28H,16-19,32H2,1-3H3,(H,35,37)(H2,33,34,39)/t26-,28?/m1/s1. The van der Waals surface area contributed by atoms with Crippen molar-refractivity contribution in [2.75, 3.05) is 11.9 Å². The maximum absolute atomic E-state index is 13.8. The zero-order valence-electron chi connectivity index (χ0n) is 22.7. The molecule has 0 radical (unpaired) electrons. The molecule has 1 aliphatic heterocycles. The van der Waals surface area contributed by atoms with Gasteiger partial charge in [0.05, 0.1) is 12.6 Å². The smallest absolute Gasteiger partial charge is 0.314 e. The van der Waals surface area contributed by atoms with Crippen LogP contribution in [0.2, 0.25) is 0 Å². The molecule has 39 heavy (non-hydrogen) atoms. The summed E-state index contributed by atoms with van der Waals surface area (Å²) in [6.45, 7) is 4.56. The molecule has 4 amide bonds. The summed E-state index contributed by atoms with van der Waals surface area (Å²) in [6, 6.07) is 22.4. The lowest BCUT2D eigenvalue weighted by molar-refractivity contribution is -0.129. The molecule has 1 aliphatic rings. The van der Waals surface area contributed by atoms with Gasteiger partial charge >= 0.3 is 6.03 Å². The van der Waals surface area contributed by atoms with Gasteiger partial charge < -0.3 is 26.6 Å². The Balaban J connectivity index is 1.56. The Morgan fingerprint density at radius 1 is 1.00 bits per heavy atom. The number of rotatable bonds is 8. The van der Waals surface area contributed by atoms with Crippen molar-refractivity contribution in [1.29, 1.82) is 0 Å². The molecular formula is C31H37N5O3. The van der Waals surface area contributed by atoms with Gasteiger partial charge in [0, 0.05) is 19.3 Å². The first-order valence-electron chi connectivity index (χ1n) is 13.4. The second kappa shape index (κ2) is 12.6. The average Bonchev–Trinajstić information content (AvgIpc) is 3.08. The fourth-order valence-corrected chi connectivity index (χ4v) is 4.78. The van der Waals surface area contributed by atoms with Crippen LogP contribution in [0.25, 0.3) is 11.1 Å². The average molecular weight is 528 g/mol. The zero-order chi connectivity index (χ0) is 27.9. The van der Waals surface area contributed by atoms with Crippen LogP contribution in [0.15, 0.2) is 72.8 Å². The highest BCUT2D eigenvalue weighted by molar-refractivity contribution is 6.01. The minimum atomic E-state index is -0.668. The van der Waals surface area contributed by atoms with Crippen LogP contribution in [0.3, 0.4) is 0 Å². The highest BCUT2D eigenvalue weighted by Crippen LogP contribution is 2.30. The quantitative estimate of drug-likeness (QED) is 0.357. The molecule has 0 bridgehead atoms. The number of urea groups is 1. The number of para-hydroxylation sites is 1. The molecule has 0 aromatic heterocycles. The number of anilines is 1. The molecule has 0 aliphatic carbocycles. The van der Waals surface area contributed by atoms with Crippen LogP contribution in [-0.2, 0) is 29.1 Å². The highest BCUT2D eigenvalue weighted by Gasteiger charge is 2.32. The number of hydrogen-bond donors (Lipinski definition) is 4. The van der Waals surface area contributed by atoms with Gasteiger partial charge in [-0.2, -0.15) is 0 Å². The van der Waals surface area contributed by atoms with Crippen molar-refractivity contribution >= 4 is 23.5 Å². The van der Waals surface area contributed by atoms with E-state index in [0.29, 0.717) is 25.9 Å². The largest absolute Gasteiger partial charge is 0.343 e. The van der Waals surface area contributed by atoms with Gasteiger partial charge in [0.1, 0.15) is 6.04 Å². The Morgan fingerprint density at radius 3 is 2.41 bits per heavy atom. The Kier molecular flexibility index (Phi) is 8.99. The SMILES string of the molecule is CNC(=O)NCc1ccccc1-c1ccc(CN2C(=O)[C@H](NC(=O)C(N)C(C)C)CCc3ccccc32)cc1. The zero-order valence-corrected chi connectivity index (χ0v) is 22.7. The van der Waals surface area contributed by atoms with Gasteiger partial charge in [0.15, 0.2) is 0 Å². The summed E-state index contributed by atoms with van der Waals surface area (Å²) in [7, 11) is 1.59. The van der Waals surface area contributed by atoms with Gasteiger partial charge in [-0.05, 0) is 52.6 Å². The van der Waals surface area contributed by atoms with Crippen LogP contribution in [-0.4, -0.2) is 37.0 Å². The van der Waals surface area contributed by atoms with Gasteiger partial charge in [0.2, 0.25) is 11.8 Å². The number of fused-ring (bicyclic) bond motifs is 1. The Hall–Kier alpha value is -4.17. The number of carbonyl (C=O) groups is 3. The van der Waals surface area contributed by atoms with Crippen molar-refractivity contribution in [3.8, 4) is 11.1 Å². The van der Waals surface area contributed by atoms with Gasteiger partial charge in [-0.15, -0.1) is 0 Å². The number of carbonyl (C=O) groups excluding carboxylic acids is 3. The molecule has 204 valence electrons. The molecule has 5 N–H and O–H groups in total. The summed E-state index contributed by atoms with van der Waals surface area (Å²) in [5.41, 5.74) is 12.0. The van der Waals surface area contributed by atoms with Gasteiger partial charge in [-0.3, -0.25) is 9.59 Å². The van der Waals surface area contributed by atoms with Crippen LogP contribution in [0, 0.1) is 5.92 Å². The summed E-state index contributed by atoms with van der Waals surface area (Å²) < 4.78 is 0. The lowest BCUT2D eigenvalue weighted by Crippen LogP contribution is -2.53. The molecule has 0 saturated carbocycles. The van der Waals surface area contributed by atoms with Crippen molar-refractivity contribution in [2.45, 2.75) is 51.9 Å². The minimum absolute atomic E-state index is 0.0255. The minimum Gasteiger partial charge on any atom is -0.343 e. The van der Waals surface area contributed by atoms with E-state index >= 15 is 0 Å². The third-order valence-corrected chi connectivity index (χ3v) is 7.18. The van der Waals surface area contributed by atoms with E-state index in [0.717, 1.165) is 33.5 Å². The van der Waals surface area contributed by atoms with Crippen molar-refractivity contribution in [3.63, 3.8) is 0 Å². The first-order chi connectivity index (χ1) is 18.8. The molecule has 1 heterocycles. The van der Waals surface area contributed by atoms with Gasteiger partial charge in [-0.25, -0.2) is 4.79 Å². The Morgan fingerprint density at radius 2 is 1.69 bits per heavy atom. The van der Waals surface area contributed by atoms with Crippen molar-refractivity contribution < 1.29 is 14.4 Å². The van der Waals surface area contributed by atoms with Crippen LogP contribution >= 0.6 is 0 Å². The number of hydrogen-bond acceptors (Lipinski definition) is 4. The van der Waals surface area contributed by atoms with Crippen LogP contribution in [0.5, 0.6) is 0 Å². The normalized spacial score (nSPS) is 15.8. The first-order valence-corrected chi connectivity index (χ1v) is 13.4. The fourth-order valence-electron chi connectivity index (χ4n) is 4.78. The van der Waals surface area contributed by atoms with Crippen molar-refractivity contribution in [2.24, 2.45) is 11.7 Å². The molecule has 2 atom stereocenters. The van der Waals surface area contributed by atoms with E-state index in [2.05, 4.69) is 16.0 Å². The monoisotopic (exact) mass is 527 g/mol. The molecule has 8 heteroatoms. The topological polar surface area (TPSA) is 117 Å². The fraction of sp³-hybridized carbons (Fsp3) is 0.323. The number of aryl methyl sites for hydroxylation is 1. The molecule has 1 unspecified atom stereocenters. The van der Waals surface area contributed by atoms with E-state index in [1.54, 1.807) is 11.9 Å². The number of nitrogens with two attached hydrogens (primary N) is 1. The second-order valence-corrected chi connectivity index (χ2v) is 10.2. The predicted octanol–water partition coefficient (Wildman–Crippen LogP) is 3.73. The van der Waals surface area contributed by atoms with Crippen LogP contribution < -0.4 is 26.6 Å². The lowest BCUT2D eigenvalue weighted by Gasteiger charge is -2.27. The molecule has 0 saturated heterocycles. The lowest BCUT2D eigenvalue weighted by atomic mass is 9.98.